The maximum absolute atomic E-state index is 12.7. The molecular formula is C25H26N2O2. The zero-order valence-corrected chi connectivity index (χ0v) is 17.7. The van der Waals surface area contributed by atoms with E-state index in [1.807, 2.05) is 26.1 Å². The fourth-order valence-corrected chi connectivity index (χ4v) is 4.06. The number of hydrogen-bond acceptors (Lipinski definition) is 3. The van der Waals surface area contributed by atoms with E-state index in [0.29, 0.717) is 23.2 Å². The molecule has 4 heteroatoms. The van der Waals surface area contributed by atoms with Crippen LogP contribution in [-0.2, 0) is 18.2 Å². The number of nitriles is 1. The Bertz CT molecular complexity index is 1080. The Hall–Kier alpha value is -3.32. The highest BCUT2D eigenvalue weighted by Crippen LogP contribution is 2.35. The van der Waals surface area contributed by atoms with Crippen LogP contribution in [0.3, 0.4) is 0 Å². The molecule has 29 heavy (non-hydrogen) atoms. The van der Waals surface area contributed by atoms with Crippen molar-refractivity contribution in [2.75, 3.05) is 6.61 Å². The zero-order chi connectivity index (χ0) is 21.1. The van der Waals surface area contributed by atoms with Gasteiger partial charge in [-0.2, -0.15) is 5.26 Å². The van der Waals surface area contributed by atoms with E-state index in [4.69, 9.17) is 4.74 Å². The van der Waals surface area contributed by atoms with E-state index in [1.54, 1.807) is 11.5 Å². The number of hydrogen-bond donors (Lipinski definition) is 0. The van der Waals surface area contributed by atoms with Crippen molar-refractivity contribution in [3.05, 3.63) is 70.5 Å². The topological polar surface area (TPSA) is 55.0 Å². The molecule has 0 atom stereocenters. The van der Waals surface area contributed by atoms with Gasteiger partial charge in [0.25, 0.3) is 0 Å². The molecule has 0 spiro atoms. The summed E-state index contributed by atoms with van der Waals surface area (Å²) in [5, 5.41) is 9.83. The molecule has 3 aromatic rings. The van der Waals surface area contributed by atoms with Gasteiger partial charge in [-0.3, -0.25) is 0 Å². The van der Waals surface area contributed by atoms with Crippen LogP contribution in [0.1, 0.15) is 46.7 Å². The minimum absolute atomic E-state index is 0.290. The van der Waals surface area contributed by atoms with Crippen molar-refractivity contribution in [1.82, 2.24) is 4.57 Å². The molecule has 0 bridgehead atoms. The summed E-state index contributed by atoms with van der Waals surface area (Å²) in [6.07, 6.45) is 0.659. The summed E-state index contributed by atoms with van der Waals surface area (Å²) in [5.41, 5.74) is 8.07. The number of nitrogens with zero attached hydrogens (tertiary/aromatic N) is 2. The molecule has 0 aliphatic rings. The van der Waals surface area contributed by atoms with Crippen molar-refractivity contribution in [1.29, 1.82) is 5.26 Å². The summed E-state index contributed by atoms with van der Waals surface area (Å²) in [6.45, 7) is 8.27. The SMILES string of the molecule is CCOC(=O)c1c(-c2ccc(-c3c(C)cccc3C)cc2)c(C#N)c(CC)n1C. The van der Waals surface area contributed by atoms with Gasteiger partial charge in [0, 0.05) is 18.3 Å². The fourth-order valence-electron chi connectivity index (χ4n) is 4.06. The van der Waals surface area contributed by atoms with Crippen LogP contribution < -0.4 is 0 Å². The third kappa shape index (κ3) is 3.56. The van der Waals surface area contributed by atoms with E-state index >= 15 is 0 Å². The first-order valence-electron chi connectivity index (χ1n) is 9.90. The van der Waals surface area contributed by atoms with Gasteiger partial charge in [-0.05, 0) is 55.0 Å². The lowest BCUT2D eigenvalue weighted by Gasteiger charge is -2.12. The smallest absolute Gasteiger partial charge is 0.355 e. The first-order chi connectivity index (χ1) is 13.9. The van der Waals surface area contributed by atoms with Crippen molar-refractivity contribution < 1.29 is 9.53 Å². The van der Waals surface area contributed by atoms with E-state index in [2.05, 4.69) is 50.2 Å². The monoisotopic (exact) mass is 386 g/mol. The minimum Gasteiger partial charge on any atom is -0.461 e. The van der Waals surface area contributed by atoms with E-state index in [0.717, 1.165) is 16.8 Å². The van der Waals surface area contributed by atoms with Crippen LogP contribution in [0, 0.1) is 25.2 Å². The number of aryl methyl sites for hydroxylation is 2. The number of aromatic nitrogens is 1. The summed E-state index contributed by atoms with van der Waals surface area (Å²) in [4.78, 5) is 12.7. The van der Waals surface area contributed by atoms with Gasteiger partial charge in [0.2, 0.25) is 0 Å². The van der Waals surface area contributed by atoms with Gasteiger partial charge in [0.1, 0.15) is 11.8 Å². The number of rotatable bonds is 5. The van der Waals surface area contributed by atoms with E-state index in [-0.39, 0.29) is 6.61 Å². The largest absolute Gasteiger partial charge is 0.461 e. The Balaban J connectivity index is 2.18. The molecule has 1 aromatic heterocycles. The van der Waals surface area contributed by atoms with Crippen molar-refractivity contribution in [3.8, 4) is 28.3 Å². The van der Waals surface area contributed by atoms with Crippen LogP contribution in [0.4, 0.5) is 0 Å². The second-order valence-corrected chi connectivity index (χ2v) is 7.13. The Morgan fingerprint density at radius 2 is 1.55 bits per heavy atom. The number of esters is 1. The lowest BCUT2D eigenvalue weighted by molar-refractivity contribution is 0.0516. The predicted molar refractivity (Wildman–Crippen MR) is 116 cm³/mol. The van der Waals surface area contributed by atoms with Gasteiger partial charge >= 0.3 is 5.97 Å². The Morgan fingerprint density at radius 3 is 2.03 bits per heavy atom. The highest BCUT2D eigenvalue weighted by Gasteiger charge is 2.26. The van der Waals surface area contributed by atoms with Gasteiger partial charge < -0.3 is 9.30 Å². The summed E-state index contributed by atoms with van der Waals surface area (Å²) < 4.78 is 7.08. The molecule has 3 rings (SSSR count). The molecule has 0 amide bonds. The Morgan fingerprint density at radius 1 is 1.00 bits per heavy atom. The molecule has 0 unspecified atom stereocenters. The zero-order valence-electron chi connectivity index (χ0n) is 17.7. The molecule has 0 aliphatic heterocycles. The second kappa shape index (κ2) is 8.36. The number of carbonyl (C=O) groups is 1. The van der Waals surface area contributed by atoms with Crippen LogP contribution in [0.2, 0.25) is 0 Å². The molecule has 0 saturated heterocycles. The quantitative estimate of drug-likeness (QED) is 0.537. The minimum atomic E-state index is -0.403. The summed E-state index contributed by atoms with van der Waals surface area (Å²) in [5.74, 6) is -0.403. The summed E-state index contributed by atoms with van der Waals surface area (Å²) >= 11 is 0. The van der Waals surface area contributed by atoms with E-state index in [1.165, 1.54) is 16.7 Å². The molecule has 148 valence electrons. The van der Waals surface area contributed by atoms with Crippen LogP contribution in [-0.4, -0.2) is 17.1 Å². The molecule has 0 radical (unpaired) electrons. The number of carbonyl (C=O) groups excluding carboxylic acids is 1. The van der Waals surface area contributed by atoms with Crippen LogP contribution in [0.25, 0.3) is 22.3 Å². The molecule has 0 fully saturated rings. The van der Waals surface area contributed by atoms with Gasteiger partial charge in [-0.1, -0.05) is 49.4 Å². The van der Waals surface area contributed by atoms with Crippen LogP contribution in [0.5, 0.6) is 0 Å². The van der Waals surface area contributed by atoms with Crippen molar-refractivity contribution in [3.63, 3.8) is 0 Å². The highest BCUT2D eigenvalue weighted by molar-refractivity contribution is 5.98. The summed E-state index contributed by atoms with van der Waals surface area (Å²) in [7, 11) is 1.82. The third-order valence-corrected chi connectivity index (χ3v) is 5.37. The van der Waals surface area contributed by atoms with E-state index in [9.17, 15) is 10.1 Å². The van der Waals surface area contributed by atoms with Gasteiger partial charge in [-0.15, -0.1) is 0 Å². The standard InChI is InChI=1S/C25H26N2O2/c1-6-21-20(15-26)23(24(27(21)5)25(28)29-7-2)19-13-11-18(12-14-19)22-16(3)9-8-10-17(22)4/h8-14H,6-7H2,1-5H3. The van der Waals surface area contributed by atoms with Gasteiger partial charge in [0.15, 0.2) is 0 Å². The van der Waals surface area contributed by atoms with Gasteiger partial charge in [-0.25, -0.2) is 4.79 Å². The average Bonchev–Trinajstić information content (AvgIpc) is 3.00. The maximum atomic E-state index is 12.7. The molecule has 0 aliphatic carbocycles. The van der Waals surface area contributed by atoms with E-state index < -0.39 is 5.97 Å². The molecule has 4 nitrogen and oxygen atoms in total. The molecule has 0 N–H and O–H groups in total. The van der Waals surface area contributed by atoms with Crippen molar-refractivity contribution >= 4 is 5.97 Å². The molecule has 0 saturated carbocycles. The Labute approximate surface area is 172 Å². The number of benzene rings is 2. The maximum Gasteiger partial charge on any atom is 0.355 e. The first-order valence-corrected chi connectivity index (χ1v) is 9.90. The number of ether oxygens (including phenoxy) is 1. The molecule has 2 aromatic carbocycles. The average molecular weight is 386 g/mol. The molecule has 1 heterocycles. The highest BCUT2D eigenvalue weighted by atomic mass is 16.5. The van der Waals surface area contributed by atoms with Crippen LogP contribution in [0.15, 0.2) is 42.5 Å². The fraction of sp³-hybridized carbons (Fsp3) is 0.280. The van der Waals surface area contributed by atoms with Gasteiger partial charge in [0.05, 0.1) is 12.2 Å². The Kier molecular flexibility index (Phi) is 5.89. The normalized spacial score (nSPS) is 10.6. The second-order valence-electron chi connectivity index (χ2n) is 7.13. The lowest BCUT2D eigenvalue weighted by atomic mass is 9.93. The van der Waals surface area contributed by atoms with Crippen molar-refractivity contribution in [2.45, 2.75) is 34.1 Å². The summed E-state index contributed by atoms with van der Waals surface area (Å²) in [6, 6.07) is 16.7. The van der Waals surface area contributed by atoms with Crippen LogP contribution >= 0.6 is 0 Å². The van der Waals surface area contributed by atoms with Crippen molar-refractivity contribution in [2.24, 2.45) is 7.05 Å². The third-order valence-electron chi connectivity index (χ3n) is 5.37. The molecular weight excluding hydrogens is 360 g/mol. The lowest BCUT2D eigenvalue weighted by Crippen LogP contribution is -2.12. The first kappa shape index (κ1) is 20.4. The predicted octanol–water partition coefficient (Wildman–Crippen LogP) is 5.59.